The normalized spacial score (nSPS) is 10.8. The van der Waals surface area contributed by atoms with Gasteiger partial charge in [0.2, 0.25) is 0 Å². The van der Waals surface area contributed by atoms with Gasteiger partial charge in [-0.05, 0) is 38.0 Å². The van der Waals surface area contributed by atoms with E-state index in [2.05, 4.69) is 5.32 Å². The predicted octanol–water partition coefficient (Wildman–Crippen LogP) is 3.92. The zero-order valence-corrected chi connectivity index (χ0v) is 14.3. The lowest BCUT2D eigenvalue weighted by Crippen LogP contribution is -2.24. The van der Waals surface area contributed by atoms with Gasteiger partial charge in [-0.1, -0.05) is 36.4 Å². The van der Waals surface area contributed by atoms with E-state index in [1.807, 2.05) is 74.9 Å². The van der Waals surface area contributed by atoms with Crippen LogP contribution in [0.15, 0.2) is 42.5 Å². The van der Waals surface area contributed by atoms with Gasteiger partial charge in [0.25, 0.3) is 11.7 Å². The van der Waals surface area contributed by atoms with Crippen molar-refractivity contribution in [1.29, 1.82) is 0 Å². The SMILES string of the molecule is Cc1cccc(C)c1NC(=O)C(=O)c1c(C)n(C)c2ccccc12. The Morgan fingerprint density at radius 3 is 2.21 bits per heavy atom. The number of nitrogens with one attached hydrogen (secondary N) is 1. The van der Waals surface area contributed by atoms with Gasteiger partial charge in [0, 0.05) is 29.3 Å². The van der Waals surface area contributed by atoms with Gasteiger partial charge in [0.05, 0.1) is 5.56 Å². The fourth-order valence-corrected chi connectivity index (χ4v) is 3.10. The minimum absolute atomic E-state index is 0.469. The van der Waals surface area contributed by atoms with Crippen LogP contribution in [0.25, 0.3) is 10.9 Å². The summed E-state index contributed by atoms with van der Waals surface area (Å²) in [6.07, 6.45) is 0. The summed E-state index contributed by atoms with van der Waals surface area (Å²) < 4.78 is 1.94. The molecule has 0 spiro atoms. The van der Waals surface area contributed by atoms with Crippen LogP contribution in [0.2, 0.25) is 0 Å². The lowest BCUT2D eigenvalue weighted by atomic mass is 10.0. The molecule has 0 atom stereocenters. The number of nitrogens with zero attached hydrogens (tertiary/aromatic N) is 1. The van der Waals surface area contributed by atoms with Gasteiger partial charge in [0.1, 0.15) is 0 Å². The third-order valence-electron chi connectivity index (χ3n) is 4.55. The maximum atomic E-state index is 12.8. The summed E-state index contributed by atoms with van der Waals surface area (Å²) >= 11 is 0. The van der Waals surface area contributed by atoms with Crippen molar-refractivity contribution >= 4 is 28.3 Å². The number of para-hydroxylation sites is 2. The Labute approximate surface area is 141 Å². The molecule has 1 heterocycles. The molecule has 0 radical (unpaired) electrons. The number of rotatable bonds is 3. The van der Waals surface area contributed by atoms with Gasteiger partial charge < -0.3 is 9.88 Å². The molecule has 1 amide bonds. The second-order valence-electron chi connectivity index (χ2n) is 6.09. The average molecular weight is 320 g/mol. The molecule has 0 bridgehead atoms. The second kappa shape index (κ2) is 5.96. The fourth-order valence-electron chi connectivity index (χ4n) is 3.10. The van der Waals surface area contributed by atoms with Crippen LogP contribution in [0.5, 0.6) is 0 Å². The number of amides is 1. The third-order valence-corrected chi connectivity index (χ3v) is 4.55. The molecule has 4 nitrogen and oxygen atoms in total. The molecule has 4 heteroatoms. The molecule has 0 fully saturated rings. The van der Waals surface area contributed by atoms with Crippen LogP contribution in [0, 0.1) is 20.8 Å². The molecule has 2 aromatic carbocycles. The Hall–Kier alpha value is -2.88. The first kappa shape index (κ1) is 16.0. The first-order chi connectivity index (χ1) is 11.4. The summed E-state index contributed by atoms with van der Waals surface area (Å²) in [5, 5.41) is 3.58. The van der Waals surface area contributed by atoms with Crippen molar-refractivity contribution in [3.05, 3.63) is 64.8 Å². The summed E-state index contributed by atoms with van der Waals surface area (Å²) in [7, 11) is 1.90. The number of aromatic nitrogens is 1. The van der Waals surface area contributed by atoms with Crippen LogP contribution in [0.1, 0.15) is 27.2 Å². The van der Waals surface area contributed by atoms with Gasteiger partial charge in [-0.15, -0.1) is 0 Å². The summed E-state index contributed by atoms with van der Waals surface area (Å²) in [5.74, 6) is -1.11. The lowest BCUT2D eigenvalue weighted by molar-refractivity contribution is -0.112. The molecular formula is C20H20N2O2. The smallest absolute Gasteiger partial charge is 0.296 e. The van der Waals surface area contributed by atoms with E-state index in [0.717, 1.165) is 27.7 Å². The Balaban J connectivity index is 2.01. The van der Waals surface area contributed by atoms with Crippen LogP contribution >= 0.6 is 0 Å². The zero-order valence-electron chi connectivity index (χ0n) is 14.3. The molecule has 3 aromatic rings. The molecular weight excluding hydrogens is 300 g/mol. The maximum absolute atomic E-state index is 12.8. The summed E-state index contributed by atoms with van der Waals surface area (Å²) in [6.45, 7) is 5.69. The van der Waals surface area contributed by atoms with Crippen molar-refractivity contribution in [2.75, 3.05) is 5.32 Å². The highest BCUT2D eigenvalue weighted by Crippen LogP contribution is 2.26. The van der Waals surface area contributed by atoms with Gasteiger partial charge in [-0.2, -0.15) is 0 Å². The number of ketones is 1. The number of hydrogen-bond acceptors (Lipinski definition) is 2. The van der Waals surface area contributed by atoms with Crippen LogP contribution in [-0.2, 0) is 11.8 Å². The monoisotopic (exact) mass is 320 g/mol. The molecule has 3 rings (SSSR count). The van der Waals surface area contributed by atoms with E-state index in [1.54, 1.807) is 0 Å². The topological polar surface area (TPSA) is 51.1 Å². The number of benzene rings is 2. The number of anilines is 1. The van der Waals surface area contributed by atoms with Gasteiger partial charge in [-0.3, -0.25) is 9.59 Å². The summed E-state index contributed by atoms with van der Waals surface area (Å²) in [5.41, 5.74) is 4.78. The van der Waals surface area contributed by atoms with E-state index in [1.165, 1.54) is 0 Å². The van der Waals surface area contributed by atoms with Crippen molar-refractivity contribution in [2.45, 2.75) is 20.8 Å². The number of carbonyl (C=O) groups excluding carboxylic acids is 2. The molecule has 122 valence electrons. The molecule has 0 aliphatic carbocycles. The Morgan fingerprint density at radius 1 is 0.917 bits per heavy atom. The molecule has 0 unspecified atom stereocenters. The van der Waals surface area contributed by atoms with E-state index >= 15 is 0 Å². The quantitative estimate of drug-likeness (QED) is 0.587. The first-order valence-electron chi connectivity index (χ1n) is 7.87. The van der Waals surface area contributed by atoms with Crippen molar-refractivity contribution in [1.82, 2.24) is 4.57 Å². The van der Waals surface area contributed by atoms with Crippen LogP contribution in [0.3, 0.4) is 0 Å². The van der Waals surface area contributed by atoms with E-state index in [9.17, 15) is 9.59 Å². The van der Waals surface area contributed by atoms with Gasteiger partial charge >= 0.3 is 0 Å². The second-order valence-corrected chi connectivity index (χ2v) is 6.09. The van der Waals surface area contributed by atoms with Crippen LogP contribution in [0.4, 0.5) is 5.69 Å². The Kier molecular flexibility index (Phi) is 3.97. The molecule has 0 aliphatic heterocycles. The highest BCUT2D eigenvalue weighted by Gasteiger charge is 2.24. The van der Waals surface area contributed by atoms with Crippen molar-refractivity contribution in [2.24, 2.45) is 7.05 Å². The predicted molar refractivity (Wildman–Crippen MR) is 96.5 cm³/mol. The minimum atomic E-state index is -0.605. The number of aryl methyl sites for hydroxylation is 3. The first-order valence-corrected chi connectivity index (χ1v) is 7.87. The van der Waals surface area contributed by atoms with Crippen molar-refractivity contribution in [3.8, 4) is 0 Å². The van der Waals surface area contributed by atoms with E-state index < -0.39 is 11.7 Å². The van der Waals surface area contributed by atoms with Crippen molar-refractivity contribution < 1.29 is 9.59 Å². The maximum Gasteiger partial charge on any atom is 0.296 e. The number of fused-ring (bicyclic) bond motifs is 1. The summed E-state index contributed by atoms with van der Waals surface area (Å²) in [6, 6.07) is 13.4. The average Bonchev–Trinajstić information content (AvgIpc) is 2.82. The highest BCUT2D eigenvalue weighted by atomic mass is 16.2. The molecule has 1 aromatic heterocycles. The number of hydrogen-bond donors (Lipinski definition) is 1. The molecule has 0 saturated heterocycles. The van der Waals surface area contributed by atoms with E-state index in [-0.39, 0.29) is 0 Å². The van der Waals surface area contributed by atoms with Gasteiger partial charge in [-0.25, -0.2) is 0 Å². The van der Waals surface area contributed by atoms with Crippen LogP contribution in [-0.4, -0.2) is 16.3 Å². The largest absolute Gasteiger partial charge is 0.347 e. The molecule has 0 aliphatic rings. The van der Waals surface area contributed by atoms with Gasteiger partial charge in [0.15, 0.2) is 0 Å². The zero-order chi connectivity index (χ0) is 17.4. The third kappa shape index (κ3) is 2.50. The molecule has 1 N–H and O–H groups in total. The molecule has 0 saturated carbocycles. The van der Waals surface area contributed by atoms with Crippen molar-refractivity contribution in [3.63, 3.8) is 0 Å². The standard InChI is InChI=1S/C20H20N2O2/c1-12-8-7-9-13(2)18(12)21-20(24)19(23)17-14(3)22(4)16-11-6-5-10-15(16)17/h5-11H,1-4H3,(H,21,24). The Morgan fingerprint density at radius 2 is 1.54 bits per heavy atom. The van der Waals surface area contributed by atoms with E-state index in [0.29, 0.717) is 11.3 Å². The number of carbonyl (C=O) groups is 2. The number of Topliss-reactive ketones (excluding diaryl/α,β-unsaturated/α-hetero) is 1. The van der Waals surface area contributed by atoms with E-state index in [4.69, 9.17) is 0 Å². The highest BCUT2D eigenvalue weighted by molar-refractivity contribution is 6.48. The minimum Gasteiger partial charge on any atom is -0.347 e. The van der Waals surface area contributed by atoms with Crippen LogP contribution < -0.4 is 5.32 Å². The summed E-state index contributed by atoms with van der Waals surface area (Å²) in [4.78, 5) is 25.3. The Bertz CT molecular complexity index is 947. The fraction of sp³-hybridized carbons (Fsp3) is 0.200. The molecule has 24 heavy (non-hydrogen) atoms. The lowest BCUT2D eigenvalue weighted by Gasteiger charge is -2.11.